The summed E-state index contributed by atoms with van der Waals surface area (Å²) in [4.78, 5) is 26.1. The number of rotatable bonds is 4. The first-order valence-electron chi connectivity index (χ1n) is 8.63. The van der Waals surface area contributed by atoms with Crippen LogP contribution in [0, 0.1) is 5.82 Å². The lowest BCUT2D eigenvalue weighted by Crippen LogP contribution is -2.29. The summed E-state index contributed by atoms with van der Waals surface area (Å²) in [6.45, 7) is 1.85. The zero-order valence-corrected chi connectivity index (χ0v) is 15.7. The summed E-state index contributed by atoms with van der Waals surface area (Å²) in [5.74, 6) is -0.804. The fourth-order valence-corrected chi connectivity index (χ4v) is 3.96. The molecule has 1 amide bonds. The predicted octanol–water partition coefficient (Wildman–Crippen LogP) is 4.63. The van der Waals surface area contributed by atoms with Crippen LogP contribution in [-0.2, 0) is 16.1 Å². The Morgan fingerprint density at radius 2 is 2.00 bits per heavy atom. The van der Waals surface area contributed by atoms with Gasteiger partial charge in [-0.25, -0.2) is 9.18 Å². The van der Waals surface area contributed by atoms with Crippen molar-refractivity contribution in [2.24, 2.45) is 0 Å². The highest BCUT2D eigenvalue weighted by atomic mass is 32.1. The number of thiophene rings is 1. The number of carbonyl (C=O) groups excluding carboxylic acids is 2. The summed E-state index contributed by atoms with van der Waals surface area (Å²) in [5, 5.41) is 2.53. The van der Waals surface area contributed by atoms with Crippen molar-refractivity contribution in [3.8, 4) is 16.2 Å². The molecule has 5 nitrogen and oxygen atoms in total. The SMILES string of the molecule is C[C@H](OC(=O)c1cc2c(s1)-c1ccccc1OC2)C(=O)Nc1cccc(F)c1. The van der Waals surface area contributed by atoms with E-state index in [2.05, 4.69) is 5.32 Å². The van der Waals surface area contributed by atoms with Gasteiger partial charge in [0.25, 0.3) is 5.91 Å². The van der Waals surface area contributed by atoms with Crippen molar-refractivity contribution in [2.75, 3.05) is 5.32 Å². The van der Waals surface area contributed by atoms with Crippen LogP contribution in [-0.4, -0.2) is 18.0 Å². The van der Waals surface area contributed by atoms with Crippen molar-refractivity contribution in [2.45, 2.75) is 19.6 Å². The Kier molecular flexibility index (Phi) is 4.83. The summed E-state index contributed by atoms with van der Waals surface area (Å²) in [6.07, 6.45) is -1.03. The third-order valence-corrected chi connectivity index (χ3v) is 5.46. The van der Waals surface area contributed by atoms with Crippen LogP contribution in [0.4, 0.5) is 10.1 Å². The van der Waals surface area contributed by atoms with Crippen LogP contribution in [0.2, 0.25) is 0 Å². The topological polar surface area (TPSA) is 64.6 Å². The number of carbonyl (C=O) groups is 2. The summed E-state index contributed by atoms with van der Waals surface area (Å²) >= 11 is 1.31. The van der Waals surface area contributed by atoms with Gasteiger partial charge in [0.2, 0.25) is 0 Å². The Bertz CT molecular complexity index is 1060. The van der Waals surface area contributed by atoms with Crippen LogP contribution in [0.25, 0.3) is 10.4 Å². The molecular weight excluding hydrogens is 381 g/mol. The zero-order chi connectivity index (χ0) is 19.7. The molecule has 7 heteroatoms. The van der Waals surface area contributed by atoms with Crippen molar-refractivity contribution in [1.82, 2.24) is 0 Å². The van der Waals surface area contributed by atoms with E-state index in [1.54, 1.807) is 12.1 Å². The fourth-order valence-electron chi connectivity index (χ4n) is 2.88. The molecule has 1 aliphatic rings. The Morgan fingerprint density at radius 3 is 2.82 bits per heavy atom. The zero-order valence-electron chi connectivity index (χ0n) is 14.9. The highest BCUT2D eigenvalue weighted by molar-refractivity contribution is 7.17. The molecule has 1 N–H and O–H groups in total. The quantitative estimate of drug-likeness (QED) is 0.652. The van der Waals surface area contributed by atoms with Crippen molar-refractivity contribution < 1.29 is 23.5 Å². The van der Waals surface area contributed by atoms with Gasteiger partial charge >= 0.3 is 5.97 Å². The molecular formula is C21H16FNO4S. The predicted molar refractivity (Wildman–Crippen MR) is 104 cm³/mol. The first kappa shape index (κ1) is 18.2. The lowest BCUT2D eigenvalue weighted by atomic mass is 10.1. The van der Waals surface area contributed by atoms with E-state index >= 15 is 0 Å². The third kappa shape index (κ3) is 3.61. The van der Waals surface area contributed by atoms with Crippen molar-refractivity contribution in [3.05, 3.63) is 70.9 Å². The maximum absolute atomic E-state index is 13.2. The minimum Gasteiger partial charge on any atom is -0.488 e. The third-order valence-electron chi connectivity index (χ3n) is 4.27. The second-order valence-electron chi connectivity index (χ2n) is 6.30. The maximum Gasteiger partial charge on any atom is 0.349 e. The number of amides is 1. The molecule has 3 aromatic rings. The minimum atomic E-state index is -1.03. The number of benzene rings is 2. The monoisotopic (exact) mass is 397 g/mol. The average molecular weight is 397 g/mol. The molecule has 2 heterocycles. The standard InChI is InChI=1S/C21H16FNO4S/c1-12(20(24)23-15-6-4-5-14(22)10-15)27-21(25)18-9-13-11-26-17-8-3-2-7-16(17)19(13)28-18/h2-10,12H,11H2,1H3,(H,23,24)/t12-/m0/s1. The molecule has 0 bridgehead atoms. The van der Waals surface area contributed by atoms with E-state index in [9.17, 15) is 14.0 Å². The highest BCUT2D eigenvalue weighted by Crippen LogP contribution is 2.42. The number of esters is 1. The van der Waals surface area contributed by atoms with Crippen molar-refractivity contribution in [1.29, 1.82) is 0 Å². The van der Waals surface area contributed by atoms with Gasteiger partial charge in [-0.05, 0) is 43.3 Å². The second kappa shape index (κ2) is 7.44. The number of para-hydroxylation sites is 1. The molecule has 1 aromatic heterocycles. The molecule has 0 unspecified atom stereocenters. The Hall–Kier alpha value is -3.19. The van der Waals surface area contributed by atoms with Crippen LogP contribution >= 0.6 is 11.3 Å². The Balaban J connectivity index is 1.46. The van der Waals surface area contributed by atoms with Gasteiger partial charge in [0.15, 0.2) is 6.10 Å². The van der Waals surface area contributed by atoms with Gasteiger partial charge in [-0.3, -0.25) is 4.79 Å². The fraction of sp³-hybridized carbons (Fsp3) is 0.143. The molecule has 1 atom stereocenters. The number of halogens is 1. The molecule has 28 heavy (non-hydrogen) atoms. The van der Waals surface area contributed by atoms with Crippen LogP contribution in [0.3, 0.4) is 0 Å². The lowest BCUT2D eigenvalue weighted by molar-refractivity contribution is -0.123. The number of ether oxygens (including phenoxy) is 2. The van der Waals surface area contributed by atoms with Crippen LogP contribution in [0.5, 0.6) is 5.75 Å². The van der Waals surface area contributed by atoms with E-state index in [0.29, 0.717) is 17.2 Å². The number of anilines is 1. The van der Waals surface area contributed by atoms with Crippen molar-refractivity contribution >= 4 is 28.9 Å². The summed E-state index contributed by atoms with van der Waals surface area (Å²) in [5.41, 5.74) is 2.14. The van der Waals surface area contributed by atoms with Gasteiger partial charge in [0.1, 0.15) is 23.1 Å². The smallest absolute Gasteiger partial charge is 0.349 e. The number of nitrogens with one attached hydrogen (secondary N) is 1. The van der Waals surface area contributed by atoms with Crippen molar-refractivity contribution in [3.63, 3.8) is 0 Å². The van der Waals surface area contributed by atoms with Gasteiger partial charge in [-0.2, -0.15) is 0 Å². The first-order chi connectivity index (χ1) is 13.5. The van der Waals surface area contributed by atoms with Gasteiger partial charge in [-0.1, -0.05) is 18.2 Å². The molecule has 0 radical (unpaired) electrons. The van der Waals surface area contributed by atoms with E-state index in [1.807, 2.05) is 24.3 Å². The number of fused-ring (bicyclic) bond motifs is 3. The van der Waals surface area contributed by atoms with E-state index in [-0.39, 0.29) is 0 Å². The summed E-state index contributed by atoms with van der Waals surface area (Å²) < 4.78 is 24.2. The largest absolute Gasteiger partial charge is 0.488 e. The minimum absolute atomic E-state index is 0.299. The normalized spacial score (nSPS) is 12.9. The molecule has 1 aliphatic heterocycles. The molecule has 0 saturated heterocycles. The van der Waals surface area contributed by atoms with Crippen LogP contribution < -0.4 is 10.1 Å². The Labute approximate surface area is 164 Å². The molecule has 0 spiro atoms. The first-order valence-corrected chi connectivity index (χ1v) is 9.45. The van der Waals surface area contributed by atoms with Gasteiger partial charge in [0, 0.05) is 21.7 Å². The van der Waals surface area contributed by atoms with Gasteiger partial charge < -0.3 is 14.8 Å². The maximum atomic E-state index is 13.2. The van der Waals surface area contributed by atoms with Gasteiger partial charge in [0.05, 0.1) is 0 Å². The van der Waals surface area contributed by atoms with Crippen LogP contribution in [0.1, 0.15) is 22.2 Å². The number of hydrogen-bond acceptors (Lipinski definition) is 5. The molecule has 0 saturated carbocycles. The molecule has 4 rings (SSSR count). The summed E-state index contributed by atoms with van der Waals surface area (Å²) in [7, 11) is 0. The van der Waals surface area contributed by atoms with E-state index in [0.717, 1.165) is 21.8 Å². The van der Waals surface area contributed by atoms with E-state index in [4.69, 9.17) is 9.47 Å². The summed E-state index contributed by atoms with van der Waals surface area (Å²) in [6, 6.07) is 14.9. The van der Waals surface area contributed by atoms with Gasteiger partial charge in [-0.15, -0.1) is 11.3 Å². The molecule has 0 fully saturated rings. The van der Waals surface area contributed by atoms with Crippen LogP contribution in [0.15, 0.2) is 54.6 Å². The van der Waals surface area contributed by atoms with E-state index < -0.39 is 23.8 Å². The lowest BCUT2D eigenvalue weighted by Gasteiger charge is -2.16. The molecule has 142 valence electrons. The Morgan fingerprint density at radius 1 is 1.18 bits per heavy atom. The average Bonchev–Trinajstić information content (AvgIpc) is 3.13. The highest BCUT2D eigenvalue weighted by Gasteiger charge is 2.25. The second-order valence-corrected chi connectivity index (χ2v) is 7.35. The number of hydrogen-bond donors (Lipinski definition) is 1. The molecule has 0 aliphatic carbocycles. The molecule has 2 aromatic carbocycles. The van der Waals surface area contributed by atoms with E-state index in [1.165, 1.54) is 36.5 Å².